The number of carbonyl (C=O) groups is 1. The van der Waals surface area contributed by atoms with Gasteiger partial charge in [0, 0.05) is 47.4 Å². The lowest BCUT2D eigenvalue weighted by atomic mass is 9.84. The molecule has 0 aromatic carbocycles. The Hall–Kier alpha value is -3.54. The quantitative estimate of drug-likeness (QED) is 0.510. The summed E-state index contributed by atoms with van der Waals surface area (Å²) < 4.78 is 48.2. The van der Waals surface area contributed by atoms with Crippen molar-refractivity contribution in [3.05, 3.63) is 57.6 Å². The first kappa shape index (κ1) is 25.5. The maximum absolute atomic E-state index is 14.6. The van der Waals surface area contributed by atoms with E-state index in [1.165, 1.54) is 24.9 Å². The maximum Gasteiger partial charge on any atom is 0.266 e. The number of anilines is 1. The minimum Gasteiger partial charge on any atom is -0.373 e. The number of aromatic nitrogens is 4. The lowest BCUT2D eigenvalue weighted by molar-refractivity contribution is -0.135. The van der Waals surface area contributed by atoms with Crippen LogP contribution in [0.1, 0.15) is 43.0 Å². The molecule has 36 heavy (non-hydrogen) atoms. The summed E-state index contributed by atoms with van der Waals surface area (Å²) in [6.07, 6.45) is 0.318. The highest BCUT2D eigenvalue weighted by Crippen LogP contribution is 2.36. The third-order valence-corrected chi connectivity index (χ3v) is 6.86. The predicted molar refractivity (Wildman–Crippen MR) is 126 cm³/mol. The van der Waals surface area contributed by atoms with Crippen LogP contribution < -0.4 is 10.5 Å². The van der Waals surface area contributed by atoms with Gasteiger partial charge < -0.3 is 14.5 Å². The summed E-state index contributed by atoms with van der Waals surface area (Å²) in [5.41, 5.74) is -1.33. The monoisotopic (exact) mass is 504 g/mol. The predicted octanol–water partition coefficient (Wildman–Crippen LogP) is 2.92. The number of hydrogen-bond donors (Lipinski definition) is 0. The van der Waals surface area contributed by atoms with Crippen molar-refractivity contribution >= 4 is 22.8 Å². The number of piperidine rings is 1. The average Bonchev–Trinajstić information content (AvgIpc) is 2.86. The molecule has 0 bridgehead atoms. The summed E-state index contributed by atoms with van der Waals surface area (Å²) in [6, 6.07) is 2.63. The van der Waals surface area contributed by atoms with E-state index in [1.54, 1.807) is 30.0 Å². The smallest absolute Gasteiger partial charge is 0.266 e. The van der Waals surface area contributed by atoms with Crippen molar-refractivity contribution in [1.82, 2.24) is 24.4 Å². The van der Waals surface area contributed by atoms with Crippen molar-refractivity contribution in [3.63, 3.8) is 0 Å². The van der Waals surface area contributed by atoms with Gasteiger partial charge in [-0.2, -0.15) is 0 Å². The van der Waals surface area contributed by atoms with Gasteiger partial charge in [-0.25, -0.2) is 23.1 Å². The topological polar surface area (TPSA) is 93.4 Å². The summed E-state index contributed by atoms with van der Waals surface area (Å²) in [7, 11) is 4.75. The minimum absolute atomic E-state index is 0.0415. The fraction of sp³-hybridized carbons (Fsp3) is 0.458. The van der Waals surface area contributed by atoms with E-state index in [1.807, 2.05) is 0 Å². The third kappa shape index (κ3) is 4.41. The molecule has 1 fully saturated rings. The fourth-order valence-corrected chi connectivity index (χ4v) is 4.74. The number of ether oxygens (including phenoxy) is 1. The Balaban J connectivity index is 1.78. The first-order valence-corrected chi connectivity index (χ1v) is 11.4. The lowest BCUT2D eigenvalue weighted by Gasteiger charge is -2.40. The number of likely N-dealkylation sites (tertiary alicyclic amines) is 1. The summed E-state index contributed by atoms with van der Waals surface area (Å²) in [5.74, 6) is -0.741. The van der Waals surface area contributed by atoms with Gasteiger partial charge in [0.15, 0.2) is 5.82 Å². The highest BCUT2D eigenvalue weighted by Gasteiger charge is 2.40. The van der Waals surface area contributed by atoms with Gasteiger partial charge in [-0.15, -0.1) is 0 Å². The molecule has 1 saturated heterocycles. The van der Waals surface area contributed by atoms with Crippen molar-refractivity contribution in [2.75, 3.05) is 32.1 Å². The van der Waals surface area contributed by atoms with E-state index in [4.69, 9.17) is 4.74 Å². The van der Waals surface area contributed by atoms with E-state index in [9.17, 15) is 22.8 Å². The Morgan fingerprint density at radius 3 is 2.56 bits per heavy atom. The van der Waals surface area contributed by atoms with Crippen LogP contribution in [0.5, 0.6) is 0 Å². The summed E-state index contributed by atoms with van der Waals surface area (Å²) >= 11 is 0. The zero-order valence-corrected chi connectivity index (χ0v) is 20.5. The SMILES string of the molecule is COC1(c2cc3c(N(C)Cc4nccc(C(F)F)c4F)ncnc3n(C)c2=O)CCN(C(C)=O)CC1. The van der Waals surface area contributed by atoms with Gasteiger partial charge in [-0.1, -0.05) is 0 Å². The second-order valence-corrected chi connectivity index (χ2v) is 8.88. The Kier molecular flexibility index (Phi) is 6.98. The molecule has 0 N–H and O–H groups in total. The van der Waals surface area contributed by atoms with Crippen LogP contribution in [0.25, 0.3) is 11.0 Å². The van der Waals surface area contributed by atoms with E-state index in [0.29, 0.717) is 48.3 Å². The van der Waals surface area contributed by atoms with Crippen LogP contribution >= 0.6 is 0 Å². The molecule has 3 aromatic rings. The molecule has 4 rings (SSSR count). The van der Waals surface area contributed by atoms with Gasteiger partial charge in [-0.05, 0) is 25.0 Å². The van der Waals surface area contributed by atoms with Crippen molar-refractivity contribution in [2.24, 2.45) is 7.05 Å². The number of methoxy groups -OCH3 is 1. The van der Waals surface area contributed by atoms with Gasteiger partial charge in [0.1, 0.15) is 23.4 Å². The van der Waals surface area contributed by atoms with Crippen LogP contribution in [-0.4, -0.2) is 57.6 Å². The van der Waals surface area contributed by atoms with E-state index in [2.05, 4.69) is 15.0 Å². The molecule has 0 atom stereocenters. The number of alkyl halides is 2. The number of halogens is 3. The molecule has 1 aliphatic heterocycles. The number of fused-ring (bicyclic) bond motifs is 1. The standard InChI is InChI=1S/C24H27F3N6O3/c1-14(34)33-9-6-24(36-4,7-10-33)17-11-16-21(29-13-30-22(16)32(3)23(17)35)31(2)12-18-19(25)15(20(26)27)5-8-28-18/h5,8,11,13,20H,6-7,9-10,12H2,1-4H3. The van der Waals surface area contributed by atoms with Crippen molar-refractivity contribution in [1.29, 1.82) is 0 Å². The number of amides is 1. The molecule has 12 heteroatoms. The number of aryl methyl sites for hydroxylation is 1. The van der Waals surface area contributed by atoms with Gasteiger partial charge >= 0.3 is 0 Å². The molecule has 1 amide bonds. The molecule has 4 heterocycles. The number of carbonyl (C=O) groups excluding carboxylic acids is 1. The average molecular weight is 505 g/mol. The summed E-state index contributed by atoms with van der Waals surface area (Å²) in [4.78, 5) is 41.0. The molecular formula is C24H27F3N6O3. The summed E-state index contributed by atoms with van der Waals surface area (Å²) in [5, 5.41) is 0.507. The van der Waals surface area contributed by atoms with Crippen LogP contribution in [-0.2, 0) is 28.7 Å². The van der Waals surface area contributed by atoms with Gasteiger partial charge in [0.25, 0.3) is 12.0 Å². The van der Waals surface area contributed by atoms with Crippen LogP contribution in [0.15, 0.2) is 29.5 Å². The van der Waals surface area contributed by atoms with Gasteiger partial charge in [0.05, 0.1) is 28.8 Å². The number of rotatable bonds is 6. The second-order valence-electron chi connectivity index (χ2n) is 8.88. The molecule has 0 spiro atoms. The molecule has 1 aliphatic rings. The summed E-state index contributed by atoms with van der Waals surface area (Å²) in [6.45, 7) is 2.24. The molecule has 3 aromatic heterocycles. The van der Waals surface area contributed by atoms with Crippen molar-refractivity contribution < 1.29 is 22.7 Å². The van der Waals surface area contributed by atoms with Gasteiger partial charge in [-0.3, -0.25) is 19.1 Å². The Bertz CT molecular complexity index is 1350. The van der Waals surface area contributed by atoms with Crippen LogP contribution in [0.4, 0.5) is 19.0 Å². The van der Waals surface area contributed by atoms with Crippen molar-refractivity contribution in [2.45, 2.75) is 38.3 Å². The van der Waals surface area contributed by atoms with Gasteiger partial charge in [0.2, 0.25) is 5.91 Å². The third-order valence-electron chi connectivity index (χ3n) is 6.86. The fourth-order valence-electron chi connectivity index (χ4n) is 4.74. The first-order valence-electron chi connectivity index (χ1n) is 11.4. The normalized spacial score (nSPS) is 15.5. The van der Waals surface area contributed by atoms with Crippen LogP contribution in [0.3, 0.4) is 0 Å². The van der Waals surface area contributed by atoms with Crippen LogP contribution in [0, 0.1) is 5.82 Å². The zero-order valence-electron chi connectivity index (χ0n) is 20.5. The Morgan fingerprint density at radius 2 is 1.94 bits per heavy atom. The molecule has 192 valence electrons. The number of pyridine rings is 2. The largest absolute Gasteiger partial charge is 0.373 e. The maximum atomic E-state index is 14.6. The molecule has 0 aliphatic carbocycles. The lowest BCUT2D eigenvalue weighted by Crippen LogP contribution is -2.48. The first-order chi connectivity index (χ1) is 17.1. The number of nitrogens with zero attached hydrogens (tertiary/aromatic N) is 6. The van der Waals surface area contributed by atoms with E-state index < -0.39 is 23.4 Å². The van der Waals surface area contributed by atoms with E-state index >= 15 is 0 Å². The highest BCUT2D eigenvalue weighted by atomic mass is 19.3. The number of hydrogen-bond acceptors (Lipinski definition) is 7. The molecular weight excluding hydrogens is 477 g/mol. The molecule has 0 radical (unpaired) electrons. The zero-order chi connectivity index (χ0) is 26.2. The Morgan fingerprint density at radius 1 is 1.25 bits per heavy atom. The van der Waals surface area contributed by atoms with Crippen molar-refractivity contribution in [3.8, 4) is 0 Å². The second kappa shape index (κ2) is 9.84. The minimum atomic E-state index is -2.96. The Labute approximate surface area is 205 Å². The van der Waals surface area contributed by atoms with Crippen LogP contribution in [0.2, 0.25) is 0 Å². The van der Waals surface area contributed by atoms with E-state index in [0.717, 1.165) is 12.3 Å². The molecule has 0 saturated carbocycles. The highest BCUT2D eigenvalue weighted by molar-refractivity contribution is 5.87. The van der Waals surface area contributed by atoms with E-state index in [-0.39, 0.29) is 23.7 Å². The molecule has 0 unspecified atom stereocenters. The molecule has 9 nitrogen and oxygen atoms in total.